The SMILES string of the molecule is CC(CN=C(Nc1ccccc1)N1CCCCC1)N(C)C1CC1.I. The summed E-state index contributed by atoms with van der Waals surface area (Å²) < 4.78 is 0. The predicted octanol–water partition coefficient (Wildman–Crippen LogP) is 4.04. The van der Waals surface area contributed by atoms with Gasteiger partial charge in [-0.25, -0.2) is 0 Å². The monoisotopic (exact) mass is 442 g/mol. The molecule has 1 heterocycles. The van der Waals surface area contributed by atoms with Crippen LogP contribution < -0.4 is 5.32 Å². The Balaban J connectivity index is 0.00000208. The second kappa shape index (κ2) is 9.61. The molecule has 0 radical (unpaired) electrons. The number of likely N-dealkylation sites (tertiary alicyclic amines) is 1. The summed E-state index contributed by atoms with van der Waals surface area (Å²) in [6.45, 7) is 5.38. The Morgan fingerprint density at radius 2 is 1.88 bits per heavy atom. The van der Waals surface area contributed by atoms with Gasteiger partial charge in [0, 0.05) is 30.9 Å². The molecule has 2 fully saturated rings. The first-order chi connectivity index (χ1) is 11.2. The number of nitrogens with zero attached hydrogens (tertiary/aromatic N) is 3. The van der Waals surface area contributed by atoms with Gasteiger partial charge in [0.05, 0.1) is 6.54 Å². The van der Waals surface area contributed by atoms with Crippen LogP contribution in [0.2, 0.25) is 0 Å². The highest BCUT2D eigenvalue weighted by atomic mass is 127. The fourth-order valence-corrected chi connectivity index (χ4v) is 3.16. The van der Waals surface area contributed by atoms with Gasteiger partial charge >= 0.3 is 0 Å². The smallest absolute Gasteiger partial charge is 0.198 e. The van der Waals surface area contributed by atoms with Gasteiger partial charge in [0.2, 0.25) is 0 Å². The molecule has 5 heteroatoms. The maximum absolute atomic E-state index is 4.96. The third kappa shape index (κ3) is 5.62. The largest absolute Gasteiger partial charge is 0.343 e. The van der Waals surface area contributed by atoms with Crippen molar-refractivity contribution in [3.05, 3.63) is 30.3 Å². The second-order valence-corrected chi connectivity index (χ2v) is 6.95. The highest BCUT2D eigenvalue weighted by molar-refractivity contribution is 14.0. The van der Waals surface area contributed by atoms with Crippen LogP contribution in [-0.2, 0) is 0 Å². The third-order valence-corrected chi connectivity index (χ3v) is 5.01. The Kier molecular flexibility index (Phi) is 7.81. The minimum Gasteiger partial charge on any atom is -0.343 e. The molecule has 4 nitrogen and oxygen atoms in total. The molecule has 1 aromatic rings. The number of piperidine rings is 1. The van der Waals surface area contributed by atoms with Gasteiger partial charge in [-0.3, -0.25) is 9.89 Å². The van der Waals surface area contributed by atoms with E-state index in [-0.39, 0.29) is 24.0 Å². The van der Waals surface area contributed by atoms with Crippen molar-refractivity contribution in [3.63, 3.8) is 0 Å². The molecular weight excluding hydrogens is 411 g/mol. The minimum atomic E-state index is 0. The summed E-state index contributed by atoms with van der Waals surface area (Å²) in [6, 6.07) is 11.7. The van der Waals surface area contributed by atoms with E-state index in [4.69, 9.17) is 4.99 Å². The molecule has 1 saturated heterocycles. The van der Waals surface area contributed by atoms with Gasteiger partial charge < -0.3 is 10.2 Å². The van der Waals surface area contributed by atoms with Crippen LogP contribution in [0.4, 0.5) is 5.69 Å². The average Bonchev–Trinajstić information content (AvgIpc) is 3.44. The quantitative estimate of drug-likeness (QED) is 0.424. The lowest BCUT2D eigenvalue weighted by Crippen LogP contribution is -2.41. The highest BCUT2D eigenvalue weighted by Gasteiger charge is 2.29. The van der Waals surface area contributed by atoms with Crippen LogP contribution in [0.1, 0.15) is 39.0 Å². The van der Waals surface area contributed by atoms with Crippen LogP contribution in [0.25, 0.3) is 0 Å². The first-order valence-electron chi connectivity index (χ1n) is 9.07. The lowest BCUT2D eigenvalue weighted by atomic mass is 10.1. The summed E-state index contributed by atoms with van der Waals surface area (Å²) >= 11 is 0. The molecule has 1 unspecified atom stereocenters. The summed E-state index contributed by atoms with van der Waals surface area (Å²) in [5, 5.41) is 3.55. The second-order valence-electron chi connectivity index (χ2n) is 6.95. The maximum atomic E-state index is 4.96. The van der Waals surface area contributed by atoms with Crippen LogP contribution >= 0.6 is 24.0 Å². The van der Waals surface area contributed by atoms with E-state index in [0.29, 0.717) is 6.04 Å². The number of guanidine groups is 1. The van der Waals surface area contributed by atoms with Gasteiger partial charge in [-0.05, 0) is 58.2 Å². The molecule has 1 atom stereocenters. The van der Waals surface area contributed by atoms with E-state index in [9.17, 15) is 0 Å². The lowest BCUT2D eigenvalue weighted by Gasteiger charge is -2.31. The Hall–Kier alpha value is -0.820. The average molecular weight is 442 g/mol. The van der Waals surface area contributed by atoms with E-state index in [1.807, 2.05) is 0 Å². The van der Waals surface area contributed by atoms with Crippen molar-refractivity contribution < 1.29 is 0 Å². The van der Waals surface area contributed by atoms with Crippen LogP contribution in [0.5, 0.6) is 0 Å². The summed E-state index contributed by atoms with van der Waals surface area (Å²) in [6.07, 6.45) is 6.59. The van der Waals surface area contributed by atoms with Crippen molar-refractivity contribution >= 4 is 35.6 Å². The van der Waals surface area contributed by atoms with Gasteiger partial charge in [-0.15, -0.1) is 24.0 Å². The van der Waals surface area contributed by atoms with E-state index in [1.165, 1.54) is 32.1 Å². The van der Waals surface area contributed by atoms with E-state index in [0.717, 1.165) is 37.3 Å². The number of rotatable bonds is 5. The first kappa shape index (κ1) is 19.5. The zero-order valence-electron chi connectivity index (χ0n) is 14.9. The summed E-state index contributed by atoms with van der Waals surface area (Å²) in [5.74, 6) is 1.05. The van der Waals surface area contributed by atoms with Crippen LogP contribution in [0.15, 0.2) is 35.3 Å². The van der Waals surface area contributed by atoms with Crippen molar-refractivity contribution in [2.45, 2.75) is 51.1 Å². The Labute approximate surface area is 163 Å². The number of likely N-dealkylation sites (N-methyl/N-ethyl adjacent to an activating group) is 1. The van der Waals surface area contributed by atoms with E-state index < -0.39 is 0 Å². The molecule has 1 aliphatic carbocycles. The van der Waals surface area contributed by atoms with Crippen molar-refractivity contribution in [2.24, 2.45) is 4.99 Å². The zero-order chi connectivity index (χ0) is 16.1. The number of hydrogen-bond donors (Lipinski definition) is 1. The number of hydrogen-bond acceptors (Lipinski definition) is 2. The molecular formula is C19H31IN4. The van der Waals surface area contributed by atoms with E-state index in [1.54, 1.807) is 0 Å². The third-order valence-electron chi connectivity index (χ3n) is 5.01. The first-order valence-corrected chi connectivity index (χ1v) is 9.07. The van der Waals surface area contributed by atoms with Crippen molar-refractivity contribution in [2.75, 3.05) is 32.0 Å². The van der Waals surface area contributed by atoms with Crippen LogP contribution in [-0.4, -0.2) is 54.5 Å². The number of nitrogens with one attached hydrogen (secondary N) is 1. The molecule has 0 amide bonds. The van der Waals surface area contributed by atoms with Crippen LogP contribution in [0, 0.1) is 0 Å². The zero-order valence-corrected chi connectivity index (χ0v) is 17.3. The maximum Gasteiger partial charge on any atom is 0.198 e. The fraction of sp³-hybridized carbons (Fsp3) is 0.632. The van der Waals surface area contributed by atoms with Gasteiger partial charge in [0.25, 0.3) is 0 Å². The summed E-state index contributed by atoms with van der Waals surface area (Å²) in [5.41, 5.74) is 1.13. The fourth-order valence-electron chi connectivity index (χ4n) is 3.16. The summed E-state index contributed by atoms with van der Waals surface area (Å²) in [7, 11) is 2.24. The lowest BCUT2D eigenvalue weighted by molar-refractivity contribution is 0.252. The standard InChI is InChI=1S/C19H30N4.HI/c1-16(22(2)18-11-12-18)15-20-19(23-13-7-4-8-14-23)21-17-9-5-3-6-10-17;/h3,5-6,9-10,16,18H,4,7-8,11-15H2,1-2H3,(H,20,21);1H. The van der Waals surface area contributed by atoms with Crippen molar-refractivity contribution in [3.8, 4) is 0 Å². The molecule has 1 N–H and O–H groups in total. The molecule has 1 aliphatic heterocycles. The van der Waals surface area contributed by atoms with Gasteiger partial charge in [0.15, 0.2) is 5.96 Å². The van der Waals surface area contributed by atoms with Crippen molar-refractivity contribution in [1.82, 2.24) is 9.80 Å². The number of para-hydroxylation sites is 1. The molecule has 0 aromatic heterocycles. The highest BCUT2D eigenvalue weighted by Crippen LogP contribution is 2.27. The van der Waals surface area contributed by atoms with Gasteiger partial charge in [0.1, 0.15) is 0 Å². The number of benzene rings is 1. The van der Waals surface area contributed by atoms with Gasteiger partial charge in [-0.1, -0.05) is 18.2 Å². The molecule has 1 saturated carbocycles. The molecule has 134 valence electrons. The molecule has 3 rings (SSSR count). The Bertz CT molecular complexity index is 509. The summed E-state index contributed by atoms with van der Waals surface area (Å²) in [4.78, 5) is 9.87. The van der Waals surface area contributed by atoms with E-state index >= 15 is 0 Å². The van der Waals surface area contributed by atoms with Gasteiger partial charge in [-0.2, -0.15) is 0 Å². The number of halogens is 1. The molecule has 0 bridgehead atoms. The Morgan fingerprint density at radius 3 is 2.50 bits per heavy atom. The van der Waals surface area contributed by atoms with Crippen molar-refractivity contribution in [1.29, 1.82) is 0 Å². The topological polar surface area (TPSA) is 30.9 Å². The number of aliphatic imine (C=N–C) groups is 1. The predicted molar refractivity (Wildman–Crippen MR) is 113 cm³/mol. The normalized spacial score (nSPS) is 19.8. The van der Waals surface area contributed by atoms with Crippen LogP contribution in [0.3, 0.4) is 0 Å². The molecule has 24 heavy (non-hydrogen) atoms. The minimum absolute atomic E-state index is 0. The molecule has 1 aromatic carbocycles. The molecule has 2 aliphatic rings. The Morgan fingerprint density at radius 1 is 1.21 bits per heavy atom. The number of anilines is 1. The van der Waals surface area contributed by atoms with E-state index in [2.05, 4.69) is 59.4 Å². The molecule has 0 spiro atoms.